The number of benzene rings is 2. The SMILES string of the molecule is Cc1ccc(C(=O)NCCOc2ccc(Cl)cc2)cc1S(C)(=O)=O. The molecule has 7 heteroatoms. The summed E-state index contributed by atoms with van der Waals surface area (Å²) in [6.45, 7) is 2.28. The summed E-state index contributed by atoms with van der Waals surface area (Å²) in [7, 11) is -3.37. The van der Waals surface area contributed by atoms with Crippen molar-refractivity contribution >= 4 is 27.3 Å². The zero-order valence-electron chi connectivity index (χ0n) is 13.4. The number of nitrogens with one attached hydrogen (secondary N) is 1. The molecule has 0 aromatic heterocycles. The Morgan fingerprint density at radius 2 is 1.83 bits per heavy atom. The fourth-order valence-electron chi connectivity index (χ4n) is 2.11. The second-order valence-electron chi connectivity index (χ2n) is 5.31. The van der Waals surface area contributed by atoms with Crippen molar-refractivity contribution in [1.82, 2.24) is 5.32 Å². The molecule has 0 heterocycles. The average molecular weight is 368 g/mol. The quantitative estimate of drug-likeness (QED) is 0.797. The highest BCUT2D eigenvalue weighted by Gasteiger charge is 2.14. The minimum atomic E-state index is -3.37. The van der Waals surface area contributed by atoms with Gasteiger partial charge in [0.05, 0.1) is 11.4 Å². The van der Waals surface area contributed by atoms with Crippen LogP contribution in [-0.2, 0) is 9.84 Å². The second kappa shape index (κ2) is 7.68. The van der Waals surface area contributed by atoms with E-state index in [1.807, 2.05) is 0 Å². The van der Waals surface area contributed by atoms with Crippen molar-refractivity contribution in [2.24, 2.45) is 0 Å². The van der Waals surface area contributed by atoms with Gasteiger partial charge in [0, 0.05) is 16.8 Å². The molecule has 0 spiro atoms. The van der Waals surface area contributed by atoms with E-state index in [1.165, 1.54) is 6.07 Å². The van der Waals surface area contributed by atoms with E-state index in [4.69, 9.17) is 16.3 Å². The lowest BCUT2D eigenvalue weighted by Gasteiger charge is -2.09. The summed E-state index contributed by atoms with van der Waals surface area (Å²) in [6.07, 6.45) is 1.12. The van der Waals surface area contributed by atoms with Gasteiger partial charge in [-0.15, -0.1) is 0 Å². The third kappa shape index (κ3) is 4.97. The van der Waals surface area contributed by atoms with Crippen LogP contribution in [0.4, 0.5) is 0 Å². The molecular formula is C17H18ClNO4S. The normalized spacial score (nSPS) is 11.1. The zero-order valence-corrected chi connectivity index (χ0v) is 14.9. The molecule has 1 N–H and O–H groups in total. The van der Waals surface area contributed by atoms with Crippen molar-refractivity contribution in [1.29, 1.82) is 0 Å². The molecule has 24 heavy (non-hydrogen) atoms. The molecule has 2 aromatic rings. The Morgan fingerprint density at radius 3 is 2.46 bits per heavy atom. The Balaban J connectivity index is 1.92. The molecule has 0 aliphatic carbocycles. The van der Waals surface area contributed by atoms with Crippen LogP contribution in [0.1, 0.15) is 15.9 Å². The lowest BCUT2D eigenvalue weighted by Crippen LogP contribution is -2.28. The minimum absolute atomic E-state index is 0.160. The molecule has 0 aliphatic heterocycles. The summed E-state index contributed by atoms with van der Waals surface area (Å²) in [5.41, 5.74) is 0.910. The molecule has 5 nitrogen and oxygen atoms in total. The monoisotopic (exact) mass is 367 g/mol. The molecular weight excluding hydrogens is 350 g/mol. The van der Waals surface area contributed by atoms with Crippen LogP contribution in [0.5, 0.6) is 5.75 Å². The number of aryl methyl sites for hydroxylation is 1. The van der Waals surface area contributed by atoms with E-state index < -0.39 is 9.84 Å². The van der Waals surface area contributed by atoms with Gasteiger partial charge in [-0.1, -0.05) is 17.7 Å². The Kier molecular flexibility index (Phi) is 5.85. The molecule has 0 radical (unpaired) electrons. The maximum atomic E-state index is 12.1. The van der Waals surface area contributed by atoms with E-state index in [1.54, 1.807) is 43.3 Å². The van der Waals surface area contributed by atoms with E-state index in [0.29, 0.717) is 28.4 Å². The molecule has 0 saturated heterocycles. The number of carbonyl (C=O) groups excluding carboxylic acids is 1. The van der Waals surface area contributed by atoms with Crippen molar-refractivity contribution in [3.8, 4) is 5.75 Å². The molecule has 0 saturated carbocycles. The van der Waals surface area contributed by atoms with Gasteiger partial charge in [-0.2, -0.15) is 0 Å². The summed E-state index contributed by atoms with van der Waals surface area (Å²) >= 11 is 5.78. The number of hydrogen-bond acceptors (Lipinski definition) is 4. The Hall–Kier alpha value is -2.05. The third-order valence-corrected chi connectivity index (χ3v) is 4.81. The lowest BCUT2D eigenvalue weighted by atomic mass is 10.1. The first-order valence-electron chi connectivity index (χ1n) is 7.24. The molecule has 2 aromatic carbocycles. The van der Waals surface area contributed by atoms with Crippen LogP contribution in [0.3, 0.4) is 0 Å². The van der Waals surface area contributed by atoms with E-state index in [0.717, 1.165) is 6.26 Å². The molecule has 0 fully saturated rings. The number of amides is 1. The predicted octanol–water partition coefficient (Wildman–Crippen LogP) is 2.86. The van der Waals surface area contributed by atoms with Gasteiger partial charge in [-0.05, 0) is 48.9 Å². The van der Waals surface area contributed by atoms with Gasteiger partial charge in [0.25, 0.3) is 5.91 Å². The first kappa shape index (κ1) is 18.3. The van der Waals surface area contributed by atoms with Crippen molar-refractivity contribution < 1.29 is 17.9 Å². The third-order valence-electron chi connectivity index (χ3n) is 3.32. The van der Waals surface area contributed by atoms with Gasteiger partial charge in [0.15, 0.2) is 9.84 Å². The first-order valence-corrected chi connectivity index (χ1v) is 9.51. The van der Waals surface area contributed by atoms with Gasteiger partial charge in [0.1, 0.15) is 12.4 Å². The highest BCUT2D eigenvalue weighted by Crippen LogP contribution is 2.17. The number of sulfone groups is 1. The maximum absolute atomic E-state index is 12.1. The number of halogens is 1. The fraction of sp³-hybridized carbons (Fsp3) is 0.235. The van der Waals surface area contributed by atoms with Crippen molar-refractivity contribution in [3.63, 3.8) is 0 Å². The van der Waals surface area contributed by atoms with Crippen LogP contribution in [0.15, 0.2) is 47.4 Å². The summed E-state index contributed by atoms with van der Waals surface area (Å²) < 4.78 is 28.9. The number of carbonyl (C=O) groups is 1. The molecule has 0 bridgehead atoms. The summed E-state index contributed by atoms with van der Waals surface area (Å²) in [6, 6.07) is 11.5. The van der Waals surface area contributed by atoms with Gasteiger partial charge in [-0.25, -0.2) is 8.42 Å². The Bertz CT molecular complexity index is 832. The topological polar surface area (TPSA) is 72.5 Å². The molecule has 0 atom stereocenters. The van der Waals surface area contributed by atoms with Crippen LogP contribution in [0, 0.1) is 6.92 Å². The average Bonchev–Trinajstić information content (AvgIpc) is 2.52. The van der Waals surface area contributed by atoms with Crippen LogP contribution in [-0.4, -0.2) is 33.7 Å². The molecule has 0 aliphatic rings. The minimum Gasteiger partial charge on any atom is -0.492 e. The van der Waals surface area contributed by atoms with Crippen LogP contribution in [0.25, 0.3) is 0 Å². The van der Waals surface area contributed by atoms with E-state index in [2.05, 4.69) is 5.32 Å². The largest absolute Gasteiger partial charge is 0.492 e. The zero-order chi connectivity index (χ0) is 17.7. The number of rotatable bonds is 6. The van der Waals surface area contributed by atoms with Crippen molar-refractivity contribution in [2.45, 2.75) is 11.8 Å². The van der Waals surface area contributed by atoms with Gasteiger partial charge < -0.3 is 10.1 Å². The number of ether oxygens (including phenoxy) is 1. The lowest BCUT2D eigenvalue weighted by molar-refractivity contribution is 0.0947. The standard InChI is InChI=1S/C17H18ClNO4S/c1-12-3-4-13(11-16(12)24(2,21)22)17(20)19-9-10-23-15-7-5-14(18)6-8-15/h3-8,11H,9-10H2,1-2H3,(H,19,20). The van der Waals surface area contributed by atoms with Crippen molar-refractivity contribution in [2.75, 3.05) is 19.4 Å². The van der Waals surface area contributed by atoms with Gasteiger partial charge >= 0.3 is 0 Å². The molecule has 0 unspecified atom stereocenters. The van der Waals surface area contributed by atoms with E-state index >= 15 is 0 Å². The van der Waals surface area contributed by atoms with Gasteiger partial charge in [0.2, 0.25) is 0 Å². The first-order chi connectivity index (χ1) is 11.3. The summed E-state index contributed by atoms with van der Waals surface area (Å²) in [4.78, 5) is 12.3. The maximum Gasteiger partial charge on any atom is 0.251 e. The van der Waals surface area contributed by atoms with Crippen LogP contribution in [0.2, 0.25) is 5.02 Å². The Morgan fingerprint density at radius 1 is 1.17 bits per heavy atom. The van der Waals surface area contributed by atoms with E-state index in [9.17, 15) is 13.2 Å². The summed E-state index contributed by atoms with van der Waals surface area (Å²) in [5, 5.41) is 3.32. The molecule has 1 amide bonds. The molecule has 2 rings (SSSR count). The summed E-state index contributed by atoms with van der Waals surface area (Å²) in [5.74, 6) is 0.308. The number of hydrogen-bond donors (Lipinski definition) is 1. The highest BCUT2D eigenvalue weighted by atomic mass is 35.5. The second-order valence-corrected chi connectivity index (χ2v) is 7.73. The smallest absolute Gasteiger partial charge is 0.251 e. The fourth-order valence-corrected chi connectivity index (χ4v) is 3.23. The van der Waals surface area contributed by atoms with Gasteiger partial charge in [-0.3, -0.25) is 4.79 Å². The highest BCUT2D eigenvalue weighted by molar-refractivity contribution is 7.90. The molecule has 128 valence electrons. The van der Waals surface area contributed by atoms with E-state index in [-0.39, 0.29) is 17.4 Å². The van der Waals surface area contributed by atoms with Crippen LogP contribution < -0.4 is 10.1 Å². The van der Waals surface area contributed by atoms with Crippen LogP contribution >= 0.6 is 11.6 Å². The van der Waals surface area contributed by atoms with Crippen molar-refractivity contribution in [3.05, 3.63) is 58.6 Å². The Labute approximate surface area is 146 Å². The predicted molar refractivity (Wildman–Crippen MR) is 93.6 cm³/mol.